The molecule has 15 heavy (non-hydrogen) atoms. The van der Waals surface area contributed by atoms with Crippen molar-refractivity contribution in [1.29, 1.82) is 0 Å². The van der Waals surface area contributed by atoms with Gasteiger partial charge in [-0.05, 0) is 36.0 Å². The summed E-state index contributed by atoms with van der Waals surface area (Å²) in [7, 11) is 1.65. The molecular formula is C11H16N2OS. The number of nitrogens with zero attached hydrogens (tertiary/aromatic N) is 1. The van der Waals surface area contributed by atoms with Crippen LogP contribution in [-0.2, 0) is 0 Å². The summed E-state index contributed by atoms with van der Waals surface area (Å²) >= 11 is 2.04. The molecule has 2 rings (SSSR count). The van der Waals surface area contributed by atoms with Gasteiger partial charge in [-0.2, -0.15) is 11.8 Å². The molecule has 0 aliphatic carbocycles. The zero-order valence-electron chi connectivity index (χ0n) is 8.90. The highest BCUT2D eigenvalue weighted by atomic mass is 32.2. The van der Waals surface area contributed by atoms with Crippen molar-refractivity contribution in [2.24, 2.45) is 5.92 Å². The van der Waals surface area contributed by atoms with Crippen LogP contribution >= 0.6 is 11.8 Å². The lowest BCUT2D eigenvalue weighted by molar-refractivity contribution is 0.413. The number of aromatic nitrogens is 1. The Morgan fingerprint density at radius 1 is 1.60 bits per heavy atom. The highest BCUT2D eigenvalue weighted by Crippen LogP contribution is 2.23. The van der Waals surface area contributed by atoms with E-state index in [2.05, 4.69) is 10.3 Å². The number of hydrogen-bond acceptors (Lipinski definition) is 4. The predicted octanol–water partition coefficient (Wildman–Crippen LogP) is 2.26. The summed E-state index contributed by atoms with van der Waals surface area (Å²) in [4.78, 5) is 4.27. The first-order chi connectivity index (χ1) is 7.38. The zero-order valence-corrected chi connectivity index (χ0v) is 9.72. The third-order valence-electron chi connectivity index (χ3n) is 2.57. The van der Waals surface area contributed by atoms with E-state index in [1.807, 2.05) is 23.9 Å². The van der Waals surface area contributed by atoms with Crippen molar-refractivity contribution >= 4 is 17.6 Å². The Morgan fingerprint density at radius 3 is 3.13 bits per heavy atom. The van der Waals surface area contributed by atoms with E-state index in [4.69, 9.17) is 4.74 Å². The molecule has 1 N–H and O–H groups in total. The van der Waals surface area contributed by atoms with E-state index in [-0.39, 0.29) is 0 Å². The first-order valence-corrected chi connectivity index (χ1v) is 6.35. The molecule has 1 unspecified atom stereocenters. The van der Waals surface area contributed by atoms with Crippen LogP contribution in [0.3, 0.4) is 0 Å². The SMILES string of the molecule is COc1ccc(NCC2CCSC2)nc1. The smallest absolute Gasteiger partial charge is 0.137 e. The van der Waals surface area contributed by atoms with Gasteiger partial charge in [0.05, 0.1) is 13.3 Å². The van der Waals surface area contributed by atoms with Crippen LogP contribution in [0.1, 0.15) is 6.42 Å². The molecule has 0 radical (unpaired) electrons. The normalized spacial score (nSPS) is 20.2. The average molecular weight is 224 g/mol. The summed E-state index contributed by atoms with van der Waals surface area (Å²) in [6.45, 7) is 1.03. The van der Waals surface area contributed by atoms with Gasteiger partial charge in [-0.3, -0.25) is 0 Å². The summed E-state index contributed by atoms with van der Waals surface area (Å²) in [5.41, 5.74) is 0. The molecule has 1 atom stereocenters. The minimum absolute atomic E-state index is 0.803. The molecule has 1 aromatic heterocycles. The van der Waals surface area contributed by atoms with Gasteiger partial charge in [0.25, 0.3) is 0 Å². The molecule has 4 heteroatoms. The Bertz CT molecular complexity index is 296. The number of pyridine rings is 1. The molecule has 0 bridgehead atoms. The number of nitrogens with one attached hydrogen (secondary N) is 1. The molecule has 1 aliphatic rings. The number of thioether (sulfide) groups is 1. The summed E-state index contributed by atoms with van der Waals surface area (Å²) in [6.07, 6.45) is 3.07. The van der Waals surface area contributed by atoms with Crippen molar-refractivity contribution in [2.45, 2.75) is 6.42 Å². The van der Waals surface area contributed by atoms with Crippen LogP contribution in [0.25, 0.3) is 0 Å². The Kier molecular flexibility index (Phi) is 3.72. The Hall–Kier alpha value is -0.900. The summed E-state index contributed by atoms with van der Waals surface area (Å²) in [5.74, 6) is 5.13. The molecule has 0 amide bonds. The average Bonchev–Trinajstić information content (AvgIpc) is 2.80. The number of rotatable bonds is 4. The Morgan fingerprint density at radius 2 is 2.53 bits per heavy atom. The van der Waals surface area contributed by atoms with Gasteiger partial charge in [-0.1, -0.05) is 0 Å². The van der Waals surface area contributed by atoms with E-state index in [0.717, 1.165) is 24.0 Å². The highest BCUT2D eigenvalue weighted by molar-refractivity contribution is 7.99. The van der Waals surface area contributed by atoms with Gasteiger partial charge in [0, 0.05) is 6.54 Å². The van der Waals surface area contributed by atoms with Gasteiger partial charge in [0.15, 0.2) is 0 Å². The fraction of sp³-hybridized carbons (Fsp3) is 0.545. The summed E-state index contributed by atoms with van der Waals surface area (Å²) < 4.78 is 5.05. The molecule has 0 spiro atoms. The third-order valence-corrected chi connectivity index (χ3v) is 3.80. The zero-order chi connectivity index (χ0) is 10.5. The molecule has 82 valence electrons. The Labute approximate surface area is 94.6 Å². The van der Waals surface area contributed by atoms with Crippen molar-refractivity contribution in [1.82, 2.24) is 4.98 Å². The van der Waals surface area contributed by atoms with Crippen molar-refractivity contribution in [3.63, 3.8) is 0 Å². The maximum absolute atomic E-state index is 5.05. The molecule has 1 aromatic rings. The predicted molar refractivity (Wildman–Crippen MR) is 64.7 cm³/mol. The van der Waals surface area contributed by atoms with Gasteiger partial charge >= 0.3 is 0 Å². The topological polar surface area (TPSA) is 34.1 Å². The minimum Gasteiger partial charge on any atom is -0.495 e. The molecule has 1 aliphatic heterocycles. The van der Waals surface area contributed by atoms with Crippen molar-refractivity contribution < 1.29 is 4.74 Å². The maximum Gasteiger partial charge on any atom is 0.137 e. The molecule has 1 fully saturated rings. The monoisotopic (exact) mass is 224 g/mol. The van der Waals surface area contributed by atoms with Gasteiger partial charge in [-0.25, -0.2) is 4.98 Å². The largest absolute Gasteiger partial charge is 0.495 e. The lowest BCUT2D eigenvalue weighted by Gasteiger charge is -2.10. The van der Waals surface area contributed by atoms with Crippen molar-refractivity contribution in [2.75, 3.05) is 30.5 Å². The van der Waals surface area contributed by atoms with E-state index in [1.54, 1.807) is 13.3 Å². The maximum atomic E-state index is 5.05. The van der Waals surface area contributed by atoms with Gasteiger partial charge < -0.3 is 10.1 Å². The summed E-state index contributed by atoms with van der Waals surface area (Å²) in [5, 5.41) is 3.36. The first kappa shape index (κ1) is 10.6. The molecule has 2 heterocycles. The third kappa shape index (κ3) is 3.02. The van der Waals surface area contributed by atoms with Gasteiger partial charge in [0.1, 0.15) is 11.6 Å². The van der Waals surface area contributed by atoms with Crippen LogP contribution in [0.5, 0.6) is 5.75 Å². The van der Waals surface area contributed by atoms with Crippen molar-refractivity contribution in [3.05, 3.63) is 18.3 Å². The number of methoxy groups -OCH3 is 1. The second-order valence-electron chi connectivity index (χ2n) is 3.69. The number of ether oxygens (including phenoxy) is 1. The summed E-state index contributed by atoms with van der Waals surface area (Å²) in [6, 6.07) is 3.89. The number of anilines is 1. The van der Waals surface area contributed by atoms with Gasteiger partial charge in [-0.15, -0.1) is 0 Å². The molecule has 0 saturated carbocycles. The van der Waals surface area contributed by atoms with Gasteiger partial charge in [0.2, 0.25) is 0 Å². The molecular weight excluding hydrogens is 208 g/mol. The van der Waals surface area contributed by atoms with Crippen molar-refractivity contribution in [3.8, 4) is 5.75 Å². The van der Waals surface area contributed by atoms with E-state index in [1.165, 1.54) is 17.9 Å². The van der Waals surface area contributed by atoms with Crippen LogP contribution in [0, 0.1) is 5.92 Å². The number of hydrogen-bond donors (Lipinski definition) is 1. The highest BCUT2D eigenvalue weighted by Gasteiger charge is 2.14. The minimum atomic E-state index is 0.803. The van der Waals surface area contributed by atoms with Crippen LogP contribution in [-0.4, -0.2) is 30.1 Å². The second kappa shape index (κ2) is 5.26. The van der Waals surface area contributed by atoms with E-state index in [0.29, 0.717) is 0 Å². The lowest BCUT2D eigenvalue weighted by atomic mass is 10.1. The fourth-order valence-corrected chi connectivity index (χ4v) is 2.88. The fourth-order valence-electron chi connectivity index (χ4n) is 1.60. The first-order valence-electron chi connectivity index (χ1n) is 5.20. The van der Waals surface area contributed by atoms with Crippen LogP contribution < -0.4 is 10.1 Å². The standard InChI is InChI=1S/C11H16N2OS/c1-14-10-2-3-11(13-7-10)12-6-9-4-5-15-8-9/h2-3,7,9H,4-6,8H2,1H3,(H,12,13). The van der Waals surface area contributed by atoms with E-state index >= 15 is 0 Å². The van der Waals surface area contributed by atoms with Crippen LogP contribution in [0.4, 0.5) is 5.82 Å². The quantitative estimate of drug-likeness (QED) is 0.850. The van der Waals surface area contributed by atoms with Crippen LogP contribution in [0.15, 0.2) is 18.3 Å². The van der Waals surface area contributed by atoms with E-state index < -0.39 is 0 Å². The molecule has 1 saturated heterocycles. The van der Waals surface area contributed by atoms with Crippen LogP contribution in [0.2, 0.25) is 0 Å². The second-order valence-corrected chi connectivity index (χ2v) is 4.84. The molecule has 3 nitrogen and oxygen atoms in total. The molecule has 0 aromatic carbocycles. The van der Waals surface area contributed by atoms with E-state index in [9.17, 15) is 0 Å². The lowest BCUT2D eigenvalue weighted by Crippen LogP contribution is -2.14. The Balaban J connectivity index is 1.82.